The van der Waals surface area contributed by atoms with E-state index in [4.69, 9.17) is 14.3 Å². The fraction of sp³-hybridized carbons (Fsp3) is 0.190. The van der Waals surface area contributed by atoms with E-state index in [0.29, 0.717) is 29.4 Å². The molecule has 0 aliphatic heterocycles. The molecule has 2 aromatic carbocycles. The molecule has 5 heteroatoms. The van der Waals surface area contributed by atoms with Crippen LogP contribution in [0.25, 0.3) is 11.3 Å². The molecule has 1 heterocycles. The molecule has 0 unspecified atom stereocenters. The molecule has 0 bridgehead atoms. The maximum atomic E-state index is 12.5. The average molecular weight is 351 g/mol. The lowest BCUT2D eigenvalue weighted by molar-refractivity contribution is 0.102. The van der Waals surface area contributed by atoms with Crippen molar-refractivity contribution in [1.29, 1.82) is 0 Å². The first-order valence-corrected chi connectivity index (χ1v) is 8.45. The van der Waals surface area contributed by atoms with E-state index in [-0.39, 0.29) is 12.5 Å². The topological polar surface area (TPSA) is 71.7 Å². The van der Waals surface area contributed by atoms with Crippen molar-refractivity contribution in [2.75, 3.05) is 11.9 Å². The molecule has 0 atom stereocenters. The molecule has 0 saturated heterocycles. The van der Waals surface area contributed by atoms with Crippen LogP contribution in [-0.2, 0) is 6.61 Å². The Hall–Kier alpha value is -3.05. The van der Waals surface area contributed by atoms with Gasteiger partial charge in [-0.05, 0) is 61.9 Å². The van der Waals surface area contributed by atoms with Crippen LogP contribution in [0.4, 0.5) is 5.69 Å². The summed E-state index contributed by atoms with van der Waals surface area (Å²) in [6.45, 7) is 4.29. The van der Waals surface area contributed by atoms with Gasteiger partial charge in [0.2, 0.25) is 0 Å². The number of ether oxygens (including phenoxy) is 1. The Morgan fingerprint density at radius 1 is 1.12 bits per heavy atom. The minimum absolute atomic E-state index is 0.146. The highest BCUT2D eigenvalue weighted by atomic mass is 16.5. The highest BCUT2D eigenvalue weighted by Gasteiger charge is 2.11. The van der Waals surface area contributed by atoms with Crippen LogP contribution in [0.1, 0.15) is 28.6 Å². The van der Waals surface area contributed by atoms with Crippen LogP contribution in [0.2, 0.25) is 0 Å². The van der Waals surface area contributed by atoms with Gasteiger partial charge in [-0.15, -0.1) is 0 Å². The zero-order valence-electron chi connectivity index (χ0n) is 14.8. The molecule has 0 aliphatic rings. The number of anilines is 1. The van der Waals surface area contributed by atoms with Crippen LogP contribution in [0, 0.1) is 6.92 Å². The molecule has 3 rings (SSSR count). The maximum Gasteiger partial charge on any atom is 0.255 e. The second-order valence-corrected chi connectivity index (χ2v) is 5.87. The van der Waals surface area contributed by atoms with E-state index in [2.05, 4.69) is 5.32 Å². The molecule has 1 aromatic heterocycles. The van der Waals surface area contributed by atoms with Crippen molar-refractivity contribution < 1.29 is 19.1 Å². The molecule has 1 amide bonds. The number of furan rings is 1. The van der Waals surface area contributed by atoms with Gasteiger partial charge in [-0.1, -0.05) is 12.1 Å². The smallest absolute Gasteiger partial charge is 0.255 e. The summed E-state index contributed by atoms with van der Waals surface area (Å²) in [5, 5.41) is 12.1. The van der Waals surface area contributed by atoms with E-state index in [1.165, 1.54) is 0 Å². The van der Waals surface area contributed by atoms with Gasteiger partial charge in [0.05, 0.1) is 6.61 Å². The van der Waals surface area contributed by atoms with Crippen LogP contribution in [0.5, 0.6) is 5.75 Å². The number of carbonyl (C=O) groups is 1. The van der Waals surface area contributed by atoms with Gasteiger partial charge < -0.3 is 19.6 Å². The number of aliphatic hydroxyl groups excluding tert-OH is 1. The van der Waals surface area contributed by atoms with Gasteiger partial charge in [0, 0.05) is 16.8 Å². The third-order valence-electron chi connectivity index (χ3n) is 4.02. The van der Waals surface area contributed by atoms with E-state index < -0.39 is 0 Å². The van der Waals surface area contributed by atoms with Crippen LogP contribution in [0.3, 0.4) is 0 Å². The van der Waals surface area contributed by atoms with E-state index in [0.717, 1.165) is 16.9 Å². The van der Waals surface area contributed by atoms with Crippen LogP contribution >= 0.6 is 0 Å². The Labute approximate surface area is 152 Å². The Kier molecular flexibility index (Phi) is 5.39. The van der Waals surface area contributed by atoms with Gasteiger partial charge in [0.1, 0.15) is 23.9 Å². The largest absolute Gasteiger partial charge is 0.494 e. The van der Waals surface area contributed by atoms with E-state index >= 15 is 0 Å². The summed E-state index contributed by atoms with van der Waals surface area (Å²) < 4.78 is 11.0. The van der Waals surface area contributed by atoms with Gasteiger partial charge in [0.25, 0.3) is 5.91 Å². The third-order valence-corrected chi connectivity index (χ3v) is 4.02. The first-order chi connectivity index (χ1) is 12.6. The summed E-state index contributed by atoms with van der Waals surface area (Å²) in [6.07, 6.45) is 0. The molecule has 3 aromatic rings. The first kappa shape index (κ1) is 17.8. The number of benzene rings is 2. The Balaban J connectivity index is 1.80. The number of rotatable bonds is 6. The van der Waals surface area contributed by atoms with Crippen molar-refractivity contribution in [3.05, 3.63) is 71.5 Å². The number of amides is 1. The van der Waals surface area contributed by atoms with E-state index in [1.54, 1.807) is 36.4 Å². The van der Waals surface area contributed by atoms with Crippen molar-refractivity contribution in [3.8, 4) is 17.1 Å². The highest BCUT2D eigenvalue weighted by molar-refractivity contribution is 6.05. The van der Waals surface area contributed by atoms with Gasteiger partial charge in [-0.3, -0.25) is 4.79 Å². The van der Waals surface area contributed by atoms with Gasteiger partial charge in [-0.25, -0.2) is 0 Å². The number of hydrogen-bond donors (Lipinski definition) is 2. The van der Waals surface area contributed by atoms with Crippen LogP contribution in [-0.4, -0.2) is 17.6 Å². The first-order valence-electron chi connectivity index (χ1n) is 8.45. The lowest BCUT2D eigenvalue weighted by atomic mass is 10.1. The summed E-state index contributed by atoms with van der Waals surface area (Å²) in [5.41, 5.74) is 3.04. The molecule has 0 radical (unpaired) electrons. The maximum absolute atomic E-state index is 12.5. The minimum Gasteiger partial charge on any atom is -0.494 e. The number of aliphatic hydroxyl groups is 1. The van der Waals surface area contributed by atoms with Gasteiger partial charge in [0.15, 0.2) is 0 Å². The summed E-state index contributed by atoms with van der Waals surface area (Å²) in [5.74, 6) is 1.69. The number of nitrogens with one attached hydrogen (secondary N) is 1. The summed E-state index contributed by atoms with van der Waals surface area (Å²) in [7, 11) is 0. The minimum atomic E-state index is -0.191. The second-order valence-electron chi connectivity index (χ2n) is 5.87. The summed E-state index contributed by atoms with van der Waals surface area (Å²) in [6, 6.07) is 16.3. The molecule has 134 valence electrons. The lowest BCUT2D eigenvalue weighted by Gasteiger charge is -2.10. The average Bonchev–Trinajstić information content (AvgIpc) is 3.13. The molecule has 5 nitrogen and oxygen atoms in total. The molecule has 0 spiro atoms. The van der Waals surface area contributed by atoms with Gasteiger partial charge >= 0.3 is 0 Å². The van der Waals surface area contributed by atoms with Crippen molar-refractivity contribution in [2.45, 2.75) is 20.5 Å². The quantitative estimate of drug-likeness (QED) is 0.690. The fourth-order valence-electron chi connectivity index (χ4n) is 2.59. The van der Waals surface area contributed by atoms with Crippen molar-refractivity contribution >= 4 is 11.6 Å². The molecule has 0 aliphatic carbocycles. The molecule has 26 heavy (non-hydrogen) atoms. The van der Waals surface area contributed by atoms with Crippen LogP contribution in [0.15, 0.2) is 59.0 Å². The Bertz CT molecular complexity index is 897. The lowest BCUT2D eigenvalue weighted by Crippen LogP contribution is -2.12. The predicted molar refractivity (Wildman–Crippen MR) is 100 cm³/mol. The second kappa shape index (κ2) is 7.89. The van der Waals surface area contributed by atoms with Crippen molar-refractivity contribution in [2.24, 2.45) is 0 Å². The molecule has 0 fully saturated rings. The normalized spacial score (nSPS) is 10.6. The van der Waals surface area contributed by atoms with Crippen molar-refractivity contribution in [1.82, 2.24) is 0 Å². The SMILES string of the molecule is CCOc1ccc(C(=O)Nc2cc(-c3ccc(CO)o3)ccc2C)cc1. The monoisotopic (exact) mass is 351 g/mol. The predicted octanol–water partition coefficient (Wildman–Crippen LogP) is 4.40. The zero-order valence-corrected chi connectivity index (χ0v) is 14.8. The number of hydrogen-bond acceptors (Lipinski definition) is 4. The van der Waals surface area contributed by atoms with E-state index in [1.807, 2.05) is 32.0 Å². The molecule has 2 N–H and O–H groups in total. The van der Waals surface area contributed by atoms with Gasteiger partial charge in [-0.2, -0.15) is 0 Å². The molecular formula is C21H21NO4. The standard InChI is InChI=1S/C21H21NO4/c1-3-25-17-8-6-15(7-9-17)21(24)22-19-12-16(5-4-14(19)2)20-11-10-18(13-23)26-20/h4-12,23H,3,13H2,1-2H3,(H,22,24). The van der Waals surface area contributed by atoms with E-state index in [9.17, 15) is 4.79 Å². The number of aryl methyl sites for hydroxylation is 1. The Morgan fingerprint density at radius 2 is 1.88 bits per heavy atom. The molecule has 0 saturated carbocycles. The molecular weight excluding hydrogens is 330 g/mol. The summed E-state index contributed by atoms with van der Waals surface area (Å²) in [4.78, 5) is 12.5. The summed E-state index contributed by atoms with van der Waals surface area (Å²) >= 11 is 0. The zero-order chi connectivity index (χ0) is 18.5. The van der Waals surface area contributed by atoms with Crippen molar-refractivity contribution in [3.63, 3.8) is 0 Å². The highest BCUT2D eigenvalue weighted by Crippen LogP contribution is 2.27. The van der Waals surface area contributed by atoms with Crippen LogP contribution < -0.4 is 10.1 Å². The third kappa shape index (κ3) is 3.95. The number of carbonyl (C=O) groups excluding carboxylic acids is 1. The fourth-order valence-corrected chi connectivity index (χ4v) is 2.59. The Morgan fingerprint density at radius 3 is 2.54 bits per heavy atom.